The number of nitrogens with one attached hydrogen (secondary N) is 2. The largest absolute Gasteiger partial charge is 0.338 e. The number of fused-ring (bicyclic) bond motifs is 1. The lowest BCUT2D eigenvalue weighted by Gasteiger charge is -2.24. The molecule has 26 heavy (non-hydrogen) atoms. The van der Waals surface area contributed by atoms with E-state index in [1.54, 1.807) is 12.1 Å². The van der Waals surface area contributed by atoms with E-state index in [1.807, 2.05) is 18.2 Å². The zero-order valence-corrected chi connectivity index (χ0v) is 16.2. The lowest BCUT2D eigenvalue weighted by atomic mass is 10.2. The van der Waals surface area contributed by atoms with Crippen LogP contribution in [0.15, 0.2) is 30.3 Å². The molecule has 0 aliphatic carbocycles. The Bertz CT molecular complexity index is 906. The number of halogens is 3. The quantitative estimate of drug-likeness (QED) is 0.600. The van der Waals surface area contributed by atoms with E-state index in [0.717, 1.165) is 49.5 Å². The average Bonchev–Trinajstić information content (AvgIpc) is 3.19. The summed E-state index contributed by atoms with van der Waals surface area (Å²) in [5, 5.41) is 5.27. The second kappa shape index (κ2) is 7.61. The van der Waals surface area contributed by atoms with Crippen molar-refractivity contribution >= 4 is 51.9 Å². The van der Waals surface area contributed by atoms with E-state index in [-0.39, 0.29) is 0 Å². The Morgan fingerprint density at radius 3 is 2.73 bits per heavy atom. The van der Waals surface area contributed by atoms with Crippen LogP contribution in [0.4, 0.5) is 5.95 Å². The molecule has 1 unspecified atom stereocenters. The molecule has 0 saturated carbocycles. The highest BCUT2D eigenvalue weighted by molar-refractivity contribution is 6.34. The first-order valence-electron chi connectivity index (χ1n) is 8.53. The average molecular weight is 411 g/mol. The Kier molecular flexibility index (Phi) is 5.23. The second-order valence-corrected chi connectivity index (χ2v) is 7.72. The molecule has 1 aliphatic rings. The van der Waals surface area contributed by atoms with Crippen molar-refractivity contribution in [1.29, 1.82) is 0 Å². The first-order chi connectivity index (χ1) is 12.6. The second-order valence-electron chi connectivity index (χ2n) is 6.46. The van der Waals surface area contributed by atoms with Crippen LogP contribution in [0.3, 0.4) is 0 Å². The SMILES string of the molecule is Clc1cc(Cl)cc(CNCC2CCCN2c2nc3nc(Cl)ccc3[nH]2)c1. The predicted octanol–water partition coefficient (Wildman–Crippen LogP) is 4.68. The van der Waals surface area contributed by atoms with Gasteiger partial charge in [-0.05, 0) is 48.7 Å². The highest BCUT2D eigenvalue weighted by Crippen LogP contribution is 2.25. The molecule has 2 aromatic heterocycles. The van der Waals surface area contributed by atoms with Crippen molar-refractivity contribution in [1.82, 2.24) is 20.3 Å². The maximum atomic E-state index is 6.06. The van der Waals surface area contributed by atoms with Gasteiger partial charge in [0.2, 0.25) is 5.95 Å². The van der Waals surface area contributed by atoms with Crippen molar-refractivity contribution in [2.24, 2.45) is 0 Å². The molecule has 0 radical (unpaired) electrons. The fourth-order valence-corrected chi connectivity index (χ4v) is 4.13. The maximum absolute atomic E-state index is 6.06. The number of imidazole rings is 1. The normalized spacial score (nSPS) is 17.3. The lowest BCUT2D eigenvalue weighted by Crippen LogP contribution is -2.38. The minimum Gasteiger partial charge on any atom is -0.338 e. The smallest absolute Gasteiger partial charge is 0.205 e. The molecule has 3 heterocycles. The number of hydrogen-bond acceptors (Lipinski definition) is 4. The predicted molar refractivity (Wildman–Crippen MR) is 107 cm³/mol. The van der Waals surface area contributed by atoms with Gasteiger partial charge in [-0.1, -0.05) is 34.8 Å². The third-order valence-corrected chi connectivity index (χ3v) is 5.23. The van der Waals surface area contributed by atoms with Gasteiger partial charge in [-0.2, -0.15) is 4.98 Å². The summed E-state index contributed by atoms with van der Waals surface area (Å²) in [4.78, 5) is 14.5. The van der Waals surface area contributed by atoms with Crippen molar-refractivity contribution in [2.75, 3.05) is 18.0 Å². The summed E-state index contributed by atoms with van der Waals surface area (Å²) in [7, 11) is 0. The minimum absolute atomic E-state index is 0.376. The molecule has 1 atom stereocenters. The molecule has 2 N–H and O–H groups in total. The molecule has 4 rings (SSSR count). The molecule has 0 bridgehead atoms. The van der Waals surface area contributed by atoms with Crippen molar-refractivity contribution in [2.45, 2.75) is 25.4 Å². The Morgan fingerprint density at radius 2 is 1.92 bits per heavy atom. The Balaban J connectivity index is 1.42. The monoisotopic (exact) mass is 409 g/mol. The summed E-state index contributed by atoms with van der Waals surface area (Å²) < 4.78 is 0. The molecule has 1 fully saturated rings. The van der Waals surface area contributed by atoms with E-state index >= 15 is 0 Å². The van der Waals surface area contributed by atoms with Crippen molar-refractivity contribution in [3.63, 3.8) is 0 Å². The van der Waals surface area contributed by atoms with Crippen LogP contribution in [-0.4, -0.2) is 34.1 Å². The van der Waals surface area contributed by atoms with Crippen LogP contribution in [0.5, 0.6) is 0 Å². The van der Waals surface area contributed by atoms with E-state index in [1.165, 1.54) is 0 Å². The van der Waals surface area contributed by atoms with Crippen LogP contribution in [-0.2, 0) is 6.54 Å². The first-order valence-corrected chi connectivity index (χ1v) is 9.66. The Hall–Kier alpha value is -1.53. The fraction of sp³-hybridized carbons (Fsp3) is 0.333. The number of nitrogens with zero attached hydrogens (tertiary/aromatic N) is 3. The highest BCUT2D eigenvalue weighted by Gasteiger charge is 2.26. The molecule has 1 saturated heterocycles. The van der Waals surface area contributed by atoms with Crippen LogP contribution in [0.2, 0.25) is 15.2 Å². The summed E-state index contributed by atoms with van der Waals surface area (Å²) in [6.45, 7) is 2.56. The number of anilines is 1. The Labute approximate surface area is 166 Å². The van der Waals surface area contributed by atoms with E-state index in [0.29, 0.717) is 26.9 Å². The highest BCUT2D eigenvalue weighted by atomic mass is 35.5. The maximum Gasteiger partial charge on any atom is 0.205 e. The zero-order chi connectivity index (χ0) is 18.1. The summed E-state index contributed by atoms with van der Waals surface area (Å²) in [5.74, 6) is 0.852. The van der Waals surface area contributed by atoms with Gasteiger partial charge in [0.1, 0.15) is 5.15 Å². The molecule has 8 heteroatoms. The number of pyridine rings is 1. The summed E-state index contributed by atoms with van der Waals surface area (Å²) in [5.41, 5.74) is 2.63. The topological polar surface area (TPSA) is 56.8 Å². The van der Waals surface area contributed by atoms with E-state index in [9.17, 15) is 0 Å². The number of rotatable bonds is 5. The van der Waals surface area contributed by atoms with E-state index < -0.39 is 0 Å². The number of aromatic nitrogens is 3. The van der Waals surface area contributed by atoms with E-state index in [4.69, 9.17) is 34.8 Å². The van der Waals surface area contributed by atoms with Gasteiger partial charge in [0.15, 0.2) is 5.65 Å². The van der Waals surface area contributed by atoms with Gasteiger partial charge in [0, 0.05) is 35.7 Å². The van der Waals surface area contributed by atoms with E-state index in [2.05, 4.69) is 25.2 Å². The zero-order valence-electron chi connectivity index (χ0n) is 14.0. The van der Waals surface area contributed by atoms with Gasteiger partial charge < -0.3 is 15.2 Å². The molecule has 3 aromatic rings. The first kappa shape index (κ1) is 17.9. The number of hydrogen-bond donors (Lipinski definition) is 2. The fourth-order valence-electron chi connectivity index (χ4n) is 3.42. The van der Waals surface area contributed by atoms with Gasteiger partial charge in [-0.15, -0.1) is 0 Å². The van der Waals surface area contributed by atoms with Crippen LogP contribution >= 0.6 is 34.8 Å². The summed E-state index contributed by atoms with van der Waals surface area (Å²) >= 11 is 18.1. The minimum atomic E-state index is 0.376. The van der Waals surface area contributed by atoms with Gasteiger partial charge in [0.25, 0.3) is 0 Å². The number of benzene rings is 1. The Morgan fingerprint density at radius 1 is 1.12 bits per heavy atom. The van der Waals surface area contributed by atoms with Crippen LogP contribution in [0.25, 0.3) is 11.2 Å². The van der Waals surface area contributed by atoms with Crippen LogP contribution in [0, 0.1) is 0 Å². The van der Waals surface area contributed by atoms with Crippen molar-refractivity contribution in [3.05, 3.63) is 51.1 Å². The van der Waals surface area contributed by atoms with Gasteiger partial charge in [-0.25, -0.2) is 4.98 Å². The van der Waals surface area contributed by atoms with Gasteiger partial charge >= 0.3 is 0 Å². The van der Waals surface area contributed by atoms with Crippen LogP contribution < -0.4 is 10.2 Å². The molecule has 0 amide bonds. The van der Waals surface area contributed by atoms with Crippen molar-refractivity contribution < 1.29 is 0 Å². The third kappa shape index (κ3) is 3.91. The standard InChI is InChI=1S/C18H18Cl3N5/c19-12-6-11(7-13(20)8-12)9-22-10-14-2-1-5-26(14)18-23-15-3-4-16(21)24-17(15)25-18/h3-4,6-8,14,22H,1-2,5,9-10H2,(H,23,24,25). The third-order valence-electron chi connectivity index (χ3n) is 4.58. The molecular formula is C18H18Cl3N5. The molecular weight excluding hydrogens is 393 g/mol. The molecule has 1 aromatic carbocycles. The van der Waals surface area contributed by atoms with Gasteiger partial charge in [0.05, 0.1) is 5.52 Å². The van der Waals surface area contributed by atoms with Crippen molar-refractivity contribution in [3.8, 4) is 0 Å². The molecule has 136 valence electrons. The summed E-state index contributed by atoms with van der Waals surface area (Å²) in [6, 6.07) is 9.66. The lowest BCUT2D eigenvalue weighted by molar-refractivity contribution is 0.569. The molecule has 1 aliphatic heterocycles. The molecule has 0 spiro atoms. The van der Waals surface area contributed by atoms with Crippen LogP contribution in [0.1, 0.15) is 18.4 Å². The van der Waals surface area contributed by atoms with Gasteiger partial charge in [-0.3, -0.25) is 0 Å². The number of aromatic amines is 1. The summed E-state index contributed by atoms with van der Waals surface area (Å²) in [6.07, 6.45) is 2.26. The molecule has 5 nitrogen and oxygen atoms in total. The number of H-pyrrole nitrogens is 1.